The summed E-state index contributed by atoms with van der Waals surface area (Å²) in [5, 5.41) is 3.50. The molecule has 1 aliphatic carbocycles. The molecule has 1 aromatic carbocycles. The van der Waals surface area contributed by atoms with Gasteiger partial charge in [-0.2, -0.15) is 0 Å². The number of nitrogens with one attached hydrogen (secondary N) is 1. The predicted molar refractivity (Wildman–Crippen MR) is 75.4 cm³/mol. The van der Waals surface area contributed by atoms with Gasteiger partial charge in [0.2, 0.25) is 0 Å². The predicted octanol–water partition coefficient (Wildman–Crippen LogP) is 3.50. The van der Waals surface area contributed by atoms with Crippen molar-refractivity contribution in [1.29, 1.82) is 0 Å². The molecule has 2 rings (SSSR count). The largest absolute Gasteiger partial charge is 0.374 e. The molecule has 0 radical (unpaired) electrons. The van der Waals surface area contributed by atoms with Gasteiger partial charge in [0.15, 0.2) is 0 Å². The lowest BCUT2D eigenvalue weighted by Crippen LogP contribution is -2.22. The van der Waals surface area contributed by atoms with Gasteiger partial charge >= 0.3 is 0 Å². The molecule has 0 unspecified atom stereocenters. The molecule has 18 heavy (non-hydrogen) atoms. The van der Waals surface area contributed by atoms with Crippen LogP contribution in [0.3, 0.4) is 0 Å². The fourth-order valence-electron chi connectivity index (χ4n) is 2.11. The molecule has 0 aromatic heterocycles. The zero-order valence-electron chi connectivity index (χ0n) is 11.6. The first-order valence-corrected chi connectivity index (χ1v) is 7.15. The van der Waals surface area contributed by atoms with Crippen LogP contribution >= 0.6 is 0 Å². The Balaban J connectivity index is 1.83. The number of hydrogen-bond donors (Lipinski definition) is 1. The van der Waals surface area contributed by atoms with Gasteiger partial charge in [0.25, 0.3) is 0 Å². The molecule has 2 heteroatoms. The summed E-state index contributed by atoms with van der Waals surface area (Å²) in [7, 11) is 0. The van der Waals surface area contributed by atoms with E-state index in [0.717, 1.165) is 19.7 Å². The maximum atomic E-state index is 5.90. The van der Waals surface area contributed by atoms with Gasteiger partial charge in [0, 0.05) is 6.54 Å². The molecular weight excluding hydrogens is 222 g/mol. The summed E-state index contributed by atoms with van der Waals surface area (Å²) in [5.41, 5.74) is 2.71. The van der Waals surface area contributed by atoms with Gasteiger partial charge in [0.05, 0.1) is 12.7 Å². The van der Waals surface area contributed by atoms with Crippen molar-refractivity contribution < 1.29 is 4.74 Å². The van der Waals surface area contributed by atoms with Crippen molar-refractivity contribution in [3.63, 3.8) is 0 Å². The maximum absolute atomic E-state index is 5.90. The highest BCUT2D eigenvalue weighted by Crippen LogP contribution is 2.23. The van der Waals surface area contributed by atoms with Gasteiger partial charge in [-0.25, -0.2) is 0 Å². The first-order chi connectivity index (χ1) is 8.75. The Kier molecular flexibility index (Phi) is 5.21. The van der Waals surface area contributed by atoms with Crippen LogP contribution in [-0.4, -0.2) is 12.6 Å². The van der Waals surface area contributed by atoms with E-state index in [1.807, 2.05) is 0 Å². The number of ether oxygens (including phenoxy) is 1. The molecule has 1 aliphatic rings. The number of hydrogen-bond acceptors (Lipinski definition) is 2. The highest BCUT2D eigenvalue weighted by Gasteiger charge is 2.18. The summed E-state index contributed by atoms with van der Waals surface area (Å²) in [6.07, 6.45) is 4.34. The molecule has 1 N–H and O–H groups in total. The van der Waals surface area contributed by atoms with Gasteiger partial charge in [0.1, 0.15) is 0 Å². The van der Waals surface area contributed by atoms with E-state index in [-0.39, 0.29) is 0 Å². The van der Waals surface area contributed by atoms with Gasteiger partial charge in [-0.15, -0.1) is 0 Å². The van der Waals surface area contributed by atoms with E-state index in [1.165, 1.54) is 30.4 Å². The first kappa shape index (κ1) is 13.6. The lowest BCUT2D eigenvalue weighted by molar-refractivity contribution is -0.00896. The number of rotatable bonds is 7. The minimum Gasteiger partial charge on any atom is -0.374 e. The number of benzene rings is 1. The minimum atomic E-state index is 0.515. The molecule has 2 nitrogen and oxygen atoms in total. The third-order valence-electron chi connectivity index (χ3n) is 3.51. The quantitative estimate of drug-likeness (QED) is 0.796. The Morgan fingerprint density at radius 2 is 1.94 bits per heavy atom. The lowest BCUT2D eigenvalue weighted by atomic mass is 9.96. The normalized spacial score (nSPS) is 15.9. The van der Waals surface area contributed by atoms with Crippen molar-refractivity contribution in [2.45, 2.75) is 52.4 Å². The van der Waals surface area contributed by atoms with E-state index in [0.29, 0.717) is 12.0 Å². The molecule has 0 spiro atoms. The fourth-order valence-corrected chi connectivity index (χ4v) is 2.11. The van der Waals surface area contributed by atoms with E-state index < -0.39 is 0 Å². The molecule has 1 saturated carbocycles. The molecular formula is C16H25NO. The van der Waals surface area contributed by atoms with Gasteiger partial charge in [-0.1, -0.05) is 38.1 Å². The molecule has 0 atom stereocenters. The van der Waals surface area contributed by atoms with E-state index in [2.05, 4.69) is 43.4 Å². The summed E-state index contributed by atoms with van der Waals surface area (Å²) in [4.78, 5) is 0. The third-order valence-corrected chi connectivity index (χ3v) is 3.51. The topological polar surface area (TPSA) is 21.3 Å². The highest BCUT2D eigenvalue weighted by molar-refractivity contribution is 5.26. The van der Waals surface area contributed by atoms with Gasteiger partial charge < -0.3 is 10.1 Å². The van der Waals surface area contributed by atoms with E-state index >= 15 is 0 Å². The monoisotopic (exact) mass is 247 g/mol. The second kappa shape index (κ2) is 6.91. The molecule has 1 fully saturated rings. The third kappa shape index (κ3) is 4.11. The van der Waals surface area contributed by atoms with E-state index in [4.69, 9.17) is 4.74 Å². The summed E-state index contributed by atoms with van der Waals surface area (Å²) < 4.78 is 5.90. The van der Waals surface area contributed by atoms with Crippen molar-refractivity contribution >= 4 is 0 Å². The zero-order chi connectivity index (χ0) is 12.8. The first-order valence-electron chi connectivity index (χ1n) is 7.15. The standard InChI is InChI=1S/C16H25NO/c1-13(2)10-17-11-14-6-3-4-7-15(14)12-18-16-8-5-9-16/h3-4,6-7,13,16-17H,5,8-12H2,1-2H3. The molecule has 0 amide bonds. The Labute approximate surface area is 111 Å². The second-order valence-electron chi connectivity index (χ2n) is 5.66. The maximum Gasteiger partial charge on any atom is 0.0723 e. The van der Waals surface area contributed by atoms with Crippen LogP contribution in [0.4, 0.5) is 0 Å². The van der Waals surface area contributed by atoms with Crippen LogP contribution in [0.1, 0.15) is 44.2 Å². The second-order valence-corrected chi connectivity index (χ2v) is 5.66. The smallest absolute Gasteiger partial charge is 0.0723 e. The zero-order valence-corrected chi connectivity index (χ0v) is 11.6. The SMILES string of the molecule is CC(C)CNCc1ccccc1COC1CCC1. The van der Waals surface area contributed by atoms with Gasteiger partial charge in [-0.05, 0) is 42.9 Å². The summed E-state index contributed by atoms with van der Waals surface area (Å²) in [5.74, 6) is 0.698. The van der Waals surface area contributed by atoms with Crippen LogP contribution in [0, 0.1) is 5.92 Å². The minimum absolute atomic E-state index is 0.515. The molecule has 0 saturated heterocycles. The lowest BCUT2D eigenvalue weighted by Gasteiger charge is -2.26. The van der Waals surface area contributed by atoms with E-state index in [9.17, 15) is 0 Å². The summed E-state index contributed by atoms with van der Waals surface area (Å²) in [6.45, 7) is 7.25. The van der Waals surface area contributed by atoms with Crippen LogP contribution < -0.4 is 5.32 Å². The van der Waals surface area contributed by atoms with Crippen LogP contribution in [0.25, 0.3) is 0 Å². The summed E-state index contributed by atoms with van der Waals surface area (Å²) >= 11 is 0. The van der Waals surface area contributed by atoms with Crippen molar-refractivity contribution in [2.24, 2.45) is 5.92 Å². The molecule has 1 aromatic rings. The van der Waals surface area contributed by atoms with Crippen LogP contribution in [0.5, 0.6) is 0 Å². The Morgan fingerprint density at radius 1 is 1.22 bits per heavy atom. The Hall–Kier alpha value is -0.860. The van der Waals surface area contributed by atoms with Crippen molar-refractivity contribution in [1.82, 2.24) is 5.32 Å². The Morgan fingerprint density at radius 3 is 2.56 bits per heavy atom. The van der Waals surface area contributed by atoms with Crippen LogP contribution in [-0.2, 0) is 17.9 Å². The molecule has 0 aliphatic heterocycles. The van der Waals surface area contributed by atoms with Crippen LogP contribution in [0.2, 0.25) is 0 Å². The fraction of sp³-hybridized carbons (Fsp3) is 0.625. The van der Waals surface area contributed by atoms with Crippen molar-refractivity contribution in [3.8, 4) is 0 Å². The average molecular weight is 247 g/mol. The molecule has 0 bridgehead atoms. The molecule has 100 valence electrons. The highest BCUT2D eigenvalue weighted by atomic mass is 16.5. The van der Waals surface area contributed by atoms with Crippen molar-refractivity contribution in [2.75, 3.05) is 6.54 Å². The van der Waals surface area contributed by atoms with E-state index in [1.54, 1.807) is 0 Å². The van der Waals surface area contributed by atoms with Crippen LogP contribution in [0.15, 0.2) is 24.3 Å². The molecule has 0 heterocycles. The Bertz CT molecular complexity index is 358. The average Bonchev–Trinajstić information content (AvgIpc) is 2.28. The van der Waals surface area contributed by atoms with Crippen molar-refractivity contribution in [3.05, 3.63) is 35.4 Å². The summed E-state index contributed by atoms with van der Waals surface area (Å²) in [6, 6.07) is 8.60. The van der Waals surface area contributed by atoms with Gasteiger partial charge in [-0.3, -0.25) is 0 Å².